The fraction of sp³-hybridized carbons (Fsp3) is 0.0357. The largest absolute Gasteiger partial charge is 0.340 e. The van der Waals surface area contributed by atoms with Gasteiger partial charge in [0, 0.05) is 18.0 Å². The van der Waals surface area contributed by atoms with Crippen LogP contribution in [0, 0.1) is 0 Å². The molecule has 0 saturated heterocycles. The molecule has 0 aliphatic rings. The molecule has 2 amide bonds. The predicted molar refractivity (Wildman–Crippen MR) is 129 cm³/mol. The molecule has 33 heavy (non-hydrogen) atoms. The van der Waals surface area contributed by atoms with E-state index in [1.807, 2.05) is 72.8 Å². The third-order valence-electron chi connectivity index (χ3n) is 5.07. The van der Waals surface area contributed by atoms with Crippen LogP contribution in [0.15, 0.2) is 121 Å². The maximum absolute atomic E-state index is 13.5. The molecule has 162 valence electrons. The van der Waals surface area contributed by atoms with Crippen LogP contribution in [0.4, 0.5) is 0 Å². The SMILES string of the molecule is O=C(NC(c1ccccc1)c1ccccc1)/C(=C/c1cccnc1)NC(=O)c1ccccc1. The van der Waals surface area contributed by atoms with E-state index < -0.39 is 5.91 Å². The van der Waals surface area contributed by atoms with Crippen molar-refractivity contribution in [3.8, 4) is 0 Å². The molecule has 5 nitrogen and oxygen atoms in total. The first-order chi connectivity index (χ1) is 16.2. The first-order valence-electron chi connectivity index (χ1n) is 10.6. The third-order valence-corrected chi connectivity index (χ3v) is 5.07. The summed E-state index contributed by atoms with van der Waals surface area (Å²) in [5.74, 6) is -0.766. The summed E-state index contributed by atoms with van der Waals surface area (Å²) in [6.07, 6.45) is 4.91. The highest BCUT2D eigenvalue weighted by molar-refractivity contribution is 6.05. The predicted octanol–water partition coefficient (Wildman–Crippen LogP) is 4.76. The Morgan fingerprint density at radius 3 is 1.85 bits per heavy atom. The first kappa shape index (κ1) is 21.7. The number of benzene rings is 3. The van der Waals surface area contributed by atoms with Crippen LogP contribution in [0.1, 0.15) is 33.1 Å². The van der Waals surface area contributed by atoms with E-state index in [1.54, 1.807) is 48.8 Å². The van der Waals surface area contributed by atoms with Crippen LogP contribution in [0.25, 0.3) is 6.08 Å². The molecule has 0 aliphatic carbocycles. The summed E-state index contributed by atoms with van der Waals surface area (Å²) in [4.78, 5) is 30.4. The summed E-state index contributed by atoms with van der Waals surface area (Å²) in [7, 11) is 0. The van der Waals surface area contributed by atoms with Crippen molar-refractivity contribution in [1.82, 2.24) is 15.6 Å². The number of carbonyl (C=O) groups is 2. The molecule has 1 heterocycles. The van der Waals surface area contributed by atoms with Gasteiger partial charge >= 0.3 is 0 Å². The number of nitrogens with zero attached hydrogens (tertiary/aromatic N) is 1. The highest BCUT2D eigenvalue weighted by Crippen LogP contribution is 2.22. The van der Waals surface area contributed by atoms with Gasteiger partial charge in [0.05, 0.1) is 6.04 Å². The Balaban J connectivity index is 1.66. The molecule has 0 aliphatic heterocycles. The van der Waals surface area contributed by atoms with Gasteiger partial charge in [0.25, 0.3) is 11.8 Å². The Hall–Kier alpha value is -4.51. The van der Waals surface area contributed by atoms with E-state index in [2.05, 4.69) is 15.6 Å². The first-order valence-corrected chi connectivity index (χ1v) is 10.6. The van der Waals surface area contributed by atoms with E-state index >= 15 is 0 Å². The van der Waals surface area contributed by atoms with Gasteiger partial charge in [-0.1, -0.05) is 84.9 Å². The lowest BCUT2D eigenvalue weighted by Gasteiger charge is -2.21. The second kappa shape index (κ2) is 10.7. The molecule has 2 N–H and O–H groups in total. The normalized spacial score (nSPS) is 11.1. The zero-order valence-corrected chi connectivity index (χ0v) is 17.9. The van der Waals surface area contributed by atoms with E-state index in [0.717, 1.165) is 11.1 Å². The summed E-state index contributed by atoms with van der Waals surface area (Å²) in [5, 5.41) is 5.86. The van der Waals surface area contributed by atoms with Gasteiger partial charge in [0.2, 0.25) is 0 Å². The molecule has 5 heteroatoms. The topological polar surface area (TPSA) is 71.1 Å². The zero-order chi connectivity index (χ0) is 22.9. The second-order valence-electron chi connectivity index (χ2n) is 7.39. The number of rotatable bonds is 7. The number of amides is 2. The molecule has 0 unspecified atom stereocenters. The third kappa shape index (κ3) is 5.80. The van der Waals surface area contributed by atoms with Gasteiger partial charge in [0.1, 0.15) is 5.70 Å². The summed E-state index contributed by atoms with van der Waals surface area (Å²) in [6.45, 7) is 0. The standard InChI is InChI=1S/C28H23N3O2/c32-27(24-16-8-3-9-17-24)30-25(19-21-11-10-18-29-20-21)28(33)31-26(22-12-4-1-5-13-22)23-14-6-2-7-15-23/h1-20,26H,(H,30,32)(H,31,33)/b25-19-. The van der Waals surface area contributed by atoms with Crippen LogP contribution in [0.2, 0.25) is 0 Å². The molecular weight excluding hydrogens is 410 g/mol. The van der Waals surface area contributed by atoms with Gasteiger partial charge in [-0.05, 0) is 41.0 Å². The van der Waals surface area contributed by atoms with Crippen LogP contribution >= 0.6 is 0 Å². The molecular formula is C28H23N3O2. The average molecular weight is 434 g/mol. The van der Waals surface area contributed by atoms with Crippen LogP contribution < -0.4 is 10.6 Å². The summed E-state index contributed by atoms with van der Waals surface area (Å²) < 4.78 is 0. The monoisotopic (exact) mass is 433 g/mol. The maximum atomic E-state index is 13.5. The van der Waals surface area contributed by atoms with Crippen LogP contribution in [0.3, 0.4) is 0 Å². The van der Waals surface area contributed by atoms with E-state index in [0.29, 0.717) is 11.1 Å². The minimum absolute atomic E-state index is 0.133. The highest BCUT2D eigenvalue weighted by Gasteiger charge is 2.21. The fourth-order valence-electron chi connectivity index (χ4n) is 3.43. The Morgan fingerprint density at radius 2 is 1.30 bits per heavy atom. The minimum Gasteiger partial charge on any atom is -0.340 e. The average Bonchev–Trinajstić information content (AvgIpc) is 2.89. The molecule has 0 saturated carbocycles. The van der Waals surface area contributed by atoms with Crippen molar-refractivity contribution in [2.45, 2.75) is 6.04 Å². The van der Waals surface area contributed by atoms with E-state index in [9.17, 15) is 9.59 Å². The van der Waals surface area contributed by atoms with Crippen LogP contribution in [-0.2, 0) is 4.79 Å². The molecule has 4 rings (SSSR count). The number of aromatic nitrogens is 1. The number of hydrogen-bond acceptors (Lipinski definition) is 3. The maximum Gasteiger partial charge on any atom is 0.268 e. The molecule has 0 fully saturated rings. The molecule has 4 aromatic rings. The van der Waals surface area contributed by atoms with Crippen molar-refractivity contribution >= 4 is 17.9 Å². The Labute approximate surface area is 192 Å². The van der Waals surface area contributed by atoms with Gasteiger partial charge in [0.15, 0.2) is 0 Å². The van der Waals surface area contributed by atoms with Crippen molar-refractivity contribution in [1.29, 1.82) is 0 Å². The summed E-state index contributed by atoms with van der Waals surface area (Å²) in [6, 6.07) is 31.4. The quantitative estimate of drug-likeness (QED) is 0.413. The summed E-state index contributed by atoms with van der Waals surface area (Å²) in [5.41, 5.74) is 3.17. The van der Waals surface area contributed by atoms with Gasteiger partial charge in [-0.3, -0.25) is 14.6 Å². The fourth-order valence-corrected chi connectivity index (χ4v) is 3.43. The minimum atomic E-state index is -0.402. The van der Waals surface area contributed by atoms with E-state index in [4.69, 9.17) is 0 Å². The van der Waals surface area contributed by atoms with Gasteiger partial charge in [-0.25, -0.2) is 0 Å². The van der Waals surface area contributed by atoms with Crippen molar-refractivity contribution in [2.75, 3.05) is 0 Å². The van der Waals surface area contributed by atoms with Crippen LogP contribution in [0.5, 0.6) is 0 Å². The number of carbonyl (C=O) groups excluding carboxylic acids is 2. The lowest BCUT2D eigenvalue weighted by molar-refractivity contribution is -0.118. The van der Waals surface area contributed by atoms with Crippen molar-refractivity contribution in [3.63, 3.8) is 0 Å². The zero-order valence-electron chi connectivity index (χ0n) is 17.9. The van der Waals surface area contributed by atoms with Crippen molar-refractivity contribution in [3.05, 3.63) is 143 Å². The van der Waals surface area contributed by atoms with Crippen LogP contribution in [-0.4, -0.2) is 16.8 Å². The molecule has 0 spiro atoms. The number of hydrogen-bond donors (Lipinski definition) is 2. The summed E-state index contributed by atoms with van der Waals surface area (Å²) >= 11 is 0. The van der Waals surface area contributed by atoms with Gasteiger partial charge < -0.3 is 10.6 Å². The lowest BCUT2D eigenvalue weighted by atomic mass is 9.98. The van der Waals surface area contributed by atoms with Crippen molar-refractivity contribution in [2.24, 2.45) is 0 Å². The second-order valence-corrected chi connectivity index (χ2v) is 7.39. The smallest absolute Gasteiger partial charge is 0.268 e. The van der Waals surface area contributed by atoms with Gasteiger partial charge in [-0.2, -0.15) is 0 Å². The molecule has 1 aromatic heterocycles. The molecule has 3 aromatic carbocycles. The molecule has 0 bridgehead atoms. The Morgan fingerprint density at radius 1 is 0.727 bits per heavy atom. The number of pyridine rings is 1. The van der Waals surface area contributed by atoms with E-state index in [-0.39, 0.29) is 17.6 Å². The molecule has 0 atom stereocenters. The van der Waals surface area contributed by atoms with E-state index in [1.165, 1.54) is 0 Å². The van der Waals surface area contributed by atoms with Gasteiger partial charge in [-0.15, -0.1) is 0 Å². The lowest BCUT2D eigenvalue weighted by Crippen LogP contribution is -2.37. The Bertz CT molecular complexity index is 1190. The Kier molecular flexibility index (Phi) is 7.03. The highest BCUT2D eigenvalue weighted by atomic mass is 16.2. The molecule has 0 radical (unpaired) electrons. The van der Waals surface area contributed by atoms with Crippen molar-refractivity contribution < 1.29 is 9.59 Å². The number of nitrogens with one attached hydrogen (secondary N) is 2.